The molecule has 0 amide bonds. The van der Waals surface area contributed by atoms with Crippen LogP contribution >= 0.6 is 0 Å². The Balaban J connectivity index is 2.43. The van der Waals surface area contributed by atoms with Crippen molar-refractivity contribution in [3.63, 3.8) is 0 Å². The van der Waals surface area contributed by atoms with Gasteiger partial charge in [-0.05, 0) is 12.5 Å². The van der Waals surface area contributed by atoms with Crippen LogP contribution in [0.5, 0.6) is 0 Å². The number of Topliss-reactive ketones (excluding diaryl/α,β-unsaturated/α-hetero) is 1. The highest BCUT2D eigenvalue weighted by atomic mass is 16.5. The van der Waals surface area contributed by atoms with Crippen LogP contribution in [0.1, 0.15) is 48.5 Å². The minimum absolute atomic E-state index is 0.00829. The van der Waals surface area contributed by atoms with Gasteiger partial charge in [0, 0.05) is 12.0 Å². The summed E-state index contributed by atoms with van der Waals surface area (Å²) in [6.45, 7) is 2.03. The number of ether oxygens (including phenoxy) is 2. The summed E-state index contributed by atoms with van der Waals surface area (Å²) in [5.74, 6) is -1.69. The molecule has 0 radical (unpaired) electrons. The zero-order chi connectivity index (χ0) is 16.1. The van der Waals surface area contributed by atoms with Crippen molar-refractivity contribution in [3.05, 3.63) is 41.0 Å². The quantitative estimate of drug-likeness (QED) is 0.266. The van der Waals surface area contributed by atoms with Crippen LogP contribution in [0.15, 0.2) is 29.8 Å². The highest BCUT2D eigenvalue weighted by Gasteiger charge is 2.34. The molecular formula is C17H18O5. The molecule has 1 aromatic rings. The first-order valence-electron chi connectivity index (χ1n) is 7.27. The van der Waals surface area contributed by atoms with Gasteiger partial charge in [0.1, 0.15) is 5.57 Å². The maximum atomic E-state index is 12.4. The molecule has 0 saturated carbocycles. The van der Waals surface area contributed by atoms with E-state index in [1.165, 1.54) is 7.11 Å². The molecule has 2 rings (SSSR count). The van der Waals surface area contributed by atoms with E-state index in [4.69, 9.17) is 9.47 Å². The molecule has 1 heterocycles. The number of unbranched alkanes of at least 4 members (excludes halogenated alkanes) is 2. The summed E-state index contributed by atoms with van der Waals surface area (Å²) >= 11 is 0. The summed E-state index contributed by atoms with van der Waals surface area (Å²) in [4.78, 5) is 36.2. The van der Waals surface area contributed by atoms with Gasteiger partial charge in [-0.1, -0.05) is 38.0 Å². The van der Waals surface area contributed by atoms with Crippen LogP contribution in [0.25, 0.3) is 5.76 Å². The SMILES string of the molecule is CCCCCC(=O)/C(C(=O)OC)=C1\OC(=O)c2ccccc21. The number of esters is 2. The van der Waals surface area contributed by atoms with Gasteiger partial charge >= 0.3 is 11.9 Å². The molecule has 5 nitrogen and oxygen atoms in total. The maximum Gasteiger partial charge on any atom is 0.345 e. The van der Waals surface area contributed by atoms with Gasteiger partial charge < -0.3 is 9.47 Å². The second kappa shape index (κ2) is 7.02. The van der Waals surface area contributed by atoms with Crippen LogP contribution in [0.2, 0.25) is 0 Å². The lowest BCUT2D eigenvalue weighted by molar-refractivity contribution is -0.137. The smallest absolute Gasteiger partial charge is 0.345 e. The summed E-state index contributed by atoms with van der Waals surface area (Å²) in [5.41, 5.74) is 0.619. The van der Waals surface area contributed by atoms with Gasteiger partial charge in [-0.25, -0.2) is 9.59 Å². The molecule has 0 saturated heterocycles. The third kappa shape index (κ3) is 3.08. The first-order valence-corrected chi connectivity index (χ1v) is 7.27. The fourth-order valence-corrected chi connectivity index (χ4v) is 2.34. The zero-order valence-electron chi connectivity index (χ0n) is 12.7. The molecule has 22 heavy (non-hydrogen) atoms. The highest BCUT2D eigenvalue weighted by molar-refractivity contribution is 6.24. The Kier molecular flexibility index (Phi) is 5.09. The Morgan fingerprint density at radius 3 is 2.45 bits per heavy atom. The molecule has 0 spiro atoms. The Bertz CT molecular complexity index is 642. The van der Waals surface area contributed by atoms with Gasteiger partial charge in [0.25, 0.3) is 0 Å². The molecule has 116 valence electrons. The number of rotatable bonds is 6. The molecule has 0 fully saturated rings. The Morgan fingerprint density at radius 2 is 1.82 bits per heavy atom. The molecule has 5 heteroatoms. The zero-order valence-corrected chi connectivity index (χ0v) is 12.7. The van der Waals surface area contributed by atoms with Crippen LogP contribution in [0.3, 0.4) is 0 Å². The average molecular weight is 302 g/mol. The van der Waals surface area contributed by atoms with Crippen molar-refractivity contribution in [3.8, 4) is 0 Å². The third-order valence-electron chi connectivity index (χ3n) is 3.49. The second-order valence-electron chi connectivity index (χ2n) is 5.01. The summed E-state index contributed by atoms with van der Waals surface area (Å²) in [6.07, 6.45) is 2.77. The minimum atomic E-state index is -0.777. The fraction of sp³-hybridized carbons (Fsp3) is 0.353. The van der Waals surface area contributed by atoms with E-state index in [0.717, 1.165) is 12.8 Å². The number of ketones is 1. The van der Waals surface area contributed by atoms with Crippen molar-refractivity contribution in [1.82, 2.24) is 0 Å². The van der Waals surface area contributed by atoms with E-state index < -0.39 is 11.9 Å². The van der Waals surface area contributed by atoms with Crippen LogP contribution in [-0.4, -0.2) is 24.8 Å². The van der Waals surface area contributed by atoms with E-state index in [9.17, 15) is 14.4 Å². The molecule has 0 N–H and O–H groups in total. The number of benzene rings is 1. The van der Waals surface area contributed by atoms with Crippen molar-refractivity contribution in [2.24, 2.45) is 0 Å². The number of hydrogen-bond acceptors (Lipinski definition) is 5. The van der Waals surface area contributed by atoms with Crippen LogP contribution in [-0.2, 0) is 19.1 Å². The van der Waals surface area contributed by atoms with E-state index in [1.807, 2.05) is 6.92 Å². The summed E-state index contributed by atoms with van der Waals surface area (Å²) in [6, 6.07) is 6.67. The van der Waals surface area contributed by atoms with E-state index in [2.05, 4.69) is 0 Å². The van der Waals surface area contributed by atoms with Gasteiger partial charge in [-0.2, -0.15) is 0 Å². The van der Waals surface area contributed by atoms with Gasteiger partial charge in [0.15, 0.2) is 11.5 Å². The standard InChI is InChI=1S/C17H18O5/c1-3-4-5-10-13(18)14(17(20)21-2)15-11-8-6-7-9-12(11)16(19)22-15/h6-9H,3-5,10H2,1-2H3/b15-14+. The highest BCUT2D eigenvalue weighted by Crippen LogP contribution is 2.33. The van der Waals surface area contributed by atoms with Crippen molar-refractivity contribution in [2.75, 3.05) is 7.11 Å². The average Bonchev–Trinajstić information content (AvgIpc) is 2.85. The minimum Gasteiger partial charge on any atom is -0.465 e. The summed E-state index contributed by atoms with van der Waals surface area (Å²) in [7, 11) is 1.20. The lowest BCUT2D eigenvalue weighted by Crippen LogP contribution is -2.17. The molecule has 0 unspecified atom stereocenters. The number of cyclic esters (lactones) is 1. The predicted molar refractivity (Wildman–Crippen MR) is 79.9 cm³/mol. The molecule has 0 atom stereocenters. The number of hydrogen-bond donors (Lipinski definition) is 0. The Labute approximate surface area is 128 Å². The lowest BCUT2D eigenvalue weighted by atomic mass is 9.99. The van der Waals surface area contributed by atoms with Gasteiger partial charge in [0.2, 0.25) is 0 Å². The molecule has 0 bridgehead atoms. The lowest BCUT2D eigenvalue weighted by Gasteiger charge is -2.08. The topological polar surface area (TPSA) is 69.7 Å². The molecule has 1 aliphatic heterocycles. The number of carbonyl (C=O) groups excluding carboxylic acids is 3. The van der Waals surface area contributed by atoms with Crippen molar-refractivity contribution in [2.45, 2.75) is 32.6 Å². The number of carbonyl (C=O) groups is 3. The normalized spacial score (nSPS) is 15.1. The molecular weight excluding hydrogens is 284 g/mol. The predicted octanol–water partition coefficient (Wildman–Crippen LogP) is 2.89. The molecule has 0 aromatic heterocycles. The van der Waals surface area contributed by atoms with Crippen molar-refractivity contribution in [1.29, 1.82) is 0 Å². The molecule has 0 aliphatic carbocycles. The Hall–Kier alpha value is -2.43. The van der Waals surface area contributed by atoms with Crippen molar-refractivity contribution >= 4 is 23.5 Å². The van der Waals surface area contributed by atoms with E-state index in [-0.39, 0.29) is 23.5 Å². The van der Waals surface area contributed by atoms with Crippen molar-refractivity contribution < 1.29 is 23.9 Å². The Morgan fingerprint density at radius 1 is 1.14 bits per heavy atom. The summed E-state index contributed by atoms with van der Waals surface area (Å²) < 4.78 is 9.86. The van der Waals surface area contributed by atoms with Gasteiger partial charge in [-0.3, -0.25) is 4.79 Å². The monoisotopic (exact) mass is 302 g/mol. The fourth-order valence-electron chi connectivity index (χ4n) is 2.34. The molecule has 1 aliphatic rings. The number of fused-ring (bicyclic) bond motifs is 1. The summed E-state index contributed by atoms with van der Waals surface area (Å²) in [5, 5.41) is 0. The van der Waals surface area contributed by atoms with Gasteiger partial charge in [-0.15, -0.1) is 0 Å². The number of methoxy groups -OCH3 is 1. The van der Waals surface area contributed by atoms with Crippen LogP contribution in [0, 0.1) is 0 Å². The van der Waals surface area contributed by atoms with Crippen LogP contribution in [0.4, 0.5) is 0 Å². The van der Waals surface area contributed by atoms with Crippen LogP contribution < -0.4 is 0 Å². The first kappa shape index (κ1) is 15.9. The second-order valence-corrected chi connectivity index (χ2v) is 5.01. The molecule has 1 aromatic carbocycles. The largest absolute Gasteiger partial charge is 0.465 e. The maximum absolute atomic E-state index is 12.4. The van der Waals surface area contributed by atoms with E-state index in [0.29, 0.717) is 17.5 Å². The van der Waals surface area contributed by atoms with E-state index in [1.54, 1.807) is 24.3 Å². The first-order chi connectivity index (χ1) is 10.6. The van der Waals surface area contributed by atoms with E-state index >= 15 is 0 Å². The van der Waals surface area contributed by atoms with Gasteiger partial charge in [0.05, 0.1) is 12.7 Å². The third-order valence-corrected chi connectivity index (χ3v) is 3.49.